The molecule has 1 N–H and O–H groups in total. The Balaban J connectivity index is 1.35. The molecule has 1 aliphatic heterocycles. The number of imide groups is 1. The number of rotatable bonds is 12. The number of unbranched alkanes of at least 4 members (excludes halogenated alkanes) is 4. The summed E-state index contributed by atoms with van der Waals surface area (Å²) in [6.07, 6.45) is 6.33. The molecule has 0 spiro atoms. The summed E-state index contributed by atoms with van der Waals surface area (Å²) in [5.74, 6) is -0.304. The molecule has 2 fully saturated rings. The van der Waals surface area contributed by atoms with Crippen molar-refractivity contribution in [3.05, 3.63) is 24.0 Å². The van der Waals surface area contributed by atoms with Crippen molar-refractivity contribution in [1.82, 2.24) is 10.2 Å². The number of amides is 3. The molecule has 1 saturated carbocycles. The standard InChI is InChI=1S/C21H29FN2O5S/c22-18-9-8-17(14-19(18)29-15-16-6-7-16)30(27,28)13-5-3-1-2-4-11-24-12-10-20(25)23-21(24)26/h8-9,14,16H,1-7,10-13,15H2,(H,23,25,26). The molecular weight excluding hydrogens is 411 g/mol. The zero-order valence-corrected chi connectivity index (χ0v) is 17.9. The molecule has 166 valence electrons. The molecular formula is C21H29FN2O5S. The highest BCUT2D eigenvalue weighted by atomic mass is 32.2. The predicted molar refractivity (Wildman–Crippen MR) is 109 cm³/mol. The van der Waals surface area contributed by atoms with Crippen LogP contribution < -0.4 is 10.1 Å². The van der Waals surface area contributed by atoms with E-state index < -0.39 is 15.7 Å². The van der Waals surface area contributed by atoms with Gasteiger partial charge in [-0.05, 0) is 43.7 Å². The second-order valence-corrected chi connectivity index (χ2v) is 10.1. The summed E-state index contributed by atoms with van der Waals surface area (Å²) < 4.78 is 44.4. The molecule has 7 nitrogen and oxygen atoms in total. The first-order valence-corrected chi connectivity index (χ1v) is 12.2. The van der Waals surface area contributed by atoms with Gasteiger partial charge >= 0.3 is 6.03 Å². The van der Waals surface area contributed by atoms with E-state index in [-0.39, 0.29) is 28.3 Å². The van der Waals surface area contributed by atoms with Crippen LogP contribution in [0.1, 0.15) is 51.4 Å². The summed E-state index contributed by atoms with van der Waals surface area (Å²) in [4.78, 5) is 24.5. The molecule has 9 heteroatoms. The van der Waals surface area contributed by atoms with Crippen molar-refractivity contribution < 1.29 is 27.1 Å². The number of nitrogens with zero attached hydrogens (tertiary/aromatic N) is 1. The number of sulfone groups is 1. The number of ether oxygens (including phenoxy) is 1. The Hall–Kier alpha value is -2.16. The zero-order chi connectivity index (χ0) is 21.6. The van der Waals surface area contributed by atoms with Gasteiger partial charge in [-0.25, -0.2) is 17.6 Å². The number of hydrogen-bond donors (Lipinski definition) is 1. The SMILES string of the molecule is O=C1CCN(CCCCCCCS(=O)(=O)c2ccc(F)c(OCC3CC3)c2)C(=O)N1. The van der Waals surface area contributed by atoms with Gasteiger partial charge in [0.05, 0.1) is 17.3 Å². The third-order valence-electron chi connectivity index (χ3n) is 5.42. The normalized spacial score (nSPS) is 17.2. The fourth-order valence-electron chi connectivity index (χ4n) is 3.34. The number of carbonyl (C=O) groups is 2. The largest absolute Gasteiger partial charge is 0.490 e. The van der Waals surface area contributed by atoms with Crippen molar-refractivity contribution >= 4 is 21.8 Å². The van der Waals surface area contributed by atoms with Gasteiger partial charge in [0.15, 0.2) is 21.4 Å². The van der Waals surface area contributed by atoms with Gasteiger partial charge in [-0.2, -0.15) is 0 Å². The number of benzene rings is 1. The van der Waals surface area contributed by atoms with Crippen LogP contribution in [-0.2, 0) is 14.6 Å². The van der Waals surface area contributed by atoms with E-state index in [4.69, 9.17) is 4.74 Å². The van der Waals surface area contributed by atoms with Crippen molar-refractivity contribution in [3.8, 4) is 5.75 Å². The summed E-state index contributed by atoms with van der Waals surface area (Å²) >= 11 is 0. The number of urea groups is 1. The van der Waals surface area contributed by atoms with Crippen LogP contribution in [0.15, 0.2) is 23.1 Å². The van der Waals surface area contributed by atoms with Crippen LogP contribution >= 0.6 is 0 Å². The maximum atomic E-state index is 13.9. The fourth-order valence-corrected chi connectivity index (χ4v) is 4.72. The van der Waals surface area contributed by atoms with Gasteiger partial charge in [0.1, 0.15) is 0 Å². The van der Waals surface area contributed by atoms with E-state index >= 15 is 0 Å². The first-order chi connectivity index (χ1) is 14.3. The maximum absolute atomic E-state index is 13.9. The first-order valence-electron chi connectivity index (χ1n) is 10.6. The number of halogens is 1. The number of nitrogens with one attached hydrogen (secondary N) is 1. The highest BCUT2D eigenvalue weighted by molar-refractivity contribution is 7.91. The number of carbonyl (C=O) groups excluding carboxylic acids is 2. The topological polar surface area (TPSA) is 92.8 Å². The van der Waals surface area contributed by atoms with E-state index in [1.54, 1.807) is 4.90 Å². The van der Waals surface area contributed by atoms with Gasteiger partial charge < -0.3 is 9.64 Å². The van der Waals surface area contributed by atoms with Crippen LogP contribution in [0.3, 0.4) is 0 Å². The van der Waals surface area contributed by atoms with Crippen molar-refractivity contribution in [3.63, 3.8) is 0 Å². The third kappa shape index (κ3) is 6.68. The lowest BCUT2D eigenvalue weighted by Gasteiger charge is -2.26. The molecule has 1 heterocycles. The summed E-state index contributed by atoms with van der Waals surface area (Å²) in [5.41, 5.74) is 0. The molecule has 2 aliphatic rings. The van der Waals surface area contributed by atoms with Crippen LogP contribution in [0, 0.1) is 11.7 Å². The van der Waals surface area contributed by atoms with E-state index in [0.29, 0.717) is 38.5 Å². The van der Waals surface area contributed by atoms with E-state index in [0.717, 1.165) is 44.6 Å². The maximum Gasteiger partial charge on any atom is 0.324 e. The average molecular weight is 441 g/mol. The fraction of sp³-hybridized carbons (Fsp3) is 0.619. The second-order valence-electron chi connectivity index (χ2n) is 8.02. The Morgan fingerprint density at radius 1 is 1.10 bits per heavy atom. The Morgan fingerprint density at radius 2 is 1.83 bits per heavy atom. The Morgan fingerprint density at radius 3 is 2.57 bits per heavy atom. The van der Waals surface area contributed by atoms with E-state index in [2.05, 4.69) is 5.32 Å². The minimum Gasteiger partial charge on any atom is -0.490 e. The quantitative estimate of drug-likeness (QED) is 0.398. The van der Waals surface area contributed by atoms with Crippen molar-refractivity contribution in [1.29, 1.82) is 0 Å². The average Bonchev–Trinajstić information content (AvgIpc) is 3.52. The second kappa shape index (κ2) is 10.2. The molecule has 0 atom stereocenters. The molecule has 1 aliphatic carbocycles. The van der Waals surface area contributed by atoms with E-state index in [1.807, 2.05) is 0 Å². The Kier molecular flexibility index (Phi) is 7.69. The molecule has 3 rings (SSSR count). The molecule has 1 aromatic carbocycles. The summed E-state index contributed by atoms with van der Waals surface area (Å²) in [5, 5.41) is 2.30. The molecule has 0 unspecified atom stereocenters. The zero-order valence-electron chi connectivity index (χ0n) is 17.1. The molecule has 0 radical (unpaired) electrons. The van der Waals surface area contributed by atoms with Crippen LogP contribution in [0.2, 0.25) is 0 Å². The van der Waals surface area contributed by atoms with Gasteiger partial charge in [-0.15, -0.1) is 0 Å². The summed E-state index contributed by atoms with van der Waals surface area (Å²) in [6.45, 7) is 1.47. The van der Waals surface area contributed by atoms with E-state index in [9.17, 15) is 22.4 Å². The number of hydrogen-bond acceptors (Lipinski definition) is 5. The molecule has 1 saturated heterocycles. The Labute approximate surface area is 176 Å². The van der Waals surface area contributed by atoms with Crippen LogP contribution in [0.4, 0.5) is 9.18 Å². The lowest BCUT2D eigenvalue weighted by molar-refractivity contribution is -0.121. The van der Waals surface area contributed by atoms with Crippen LogP contribution in [0.25, 0.3) is 0 Å². The Bertz CT molecular complexity index is 870. The van der Waals surface area contributed by atoms with Crippen LogP contribution in [-0.4, -0.2) is 50.7 Å². The highest BCUT2D eigenvalue weighted by Gasteiger charge is 2.24. The molecule has 30 heavy (non-hydrogen) atoms. The lowest BCUT2D eigenvalue weighted by Crippen LogP contribution is -2.49. The van der Waals surface area contributed by atoms with E-state index in [1.165, 1.54) is 12.1 Å². The minimum atomic E-state index is -3.48. The van der Waals surface area contributed by atoms with Gasteiger partial charge in [-0.1, -0.05) is 19.3 Å². The van der Waals surface area contributed by atoms with Crippen molar-refractivity contribution in [2.45, 2.75) is 56.3 Å². The van der Waals surface area contributed by atoms with Gasteiger partial charge in [0, 0.05) is 25.6 Å². The highest BCUT2D eigenvalue weighted by Crippen LogP contribution is 2.31. The summed E-state index contributed by atoms with van der Waals surface area (Å²) in [6, 6.07) is 3.40. The monoisotopic (exact) mass is 440 g/mol. The molecule has 0 aromatic heterocycles. The predicted octanol–water partition coefficient (Wildman–Crippen LogP) is 3.28. The van der Waals surface area contributed by atoms with Crippen LogP contribution in [0.5, 0.6) is 5.75 Å². The lowest BCUT2D eigenvalue weighted by atomic mass is 10.1. The molecule has 0 bridgehead atoms. The van der Waals surface area contributed by atoms with Gasteiger partial charge in [-0.3, -0.25) is 10.1 Å². The summed E-state index contributed by atoms with van der Waals surface area (Å²) in [7, 11) is -3.48. The van der Waals surface area contributed by atoms with Crippen molar-refractivity contribution in [2.75, 3.05) is 25.4 Å². The third-order valence-corrected chi connectivity index (χ3v) is 7.21. The van der Waals surface area contributed by atoms with Gasteiger partial charge in [0.2, 0.25) is 5.91 Å². The smallest absolute Gasteiger partial charge is 0.324 e. The van der Waals surface area contributed by atoms with Gasteiger partial charge in [0.25, 0.3) is 0 Å². The molecule has 3 amide bonds. The minimum absolute atomic E-state index is 0.00595. The first kappa shape index (κ1) is 22.5. The van der Waals surface area contributed by atoms with Crippen molar-refractivity contribution in [2.24, 2.45) is 5.92 Å². The molecule has 1 aromatic rings.